The summed E-state index contributed by atoms with van der Waals surface area (Å²) in [6.45, 7) is 3.47. The molecule has 1 N–H and O–H groups in total. The summed E-state index contributed by atoms with van der Waals surface area (Å²) in [5.74, 6) is 0.0960. The lowest BCUT2D eigenvalue weighted by Gasteiger charge is -2.14. The van der Waals surface area contributed by atoms with Gasteiger partial charge in [0, 0.05) is 24.1 Å². The third kappa shape index (κ3) is 3.45. The fourth-order valence-electron chi connectivity index (χ4n) is 1.86. The lowest BCUT2D eigenvalue weighted by Crippen LogP contribution is -2.28. The first-order chi connectivity index (χ1) is 9.02. The predicted octanol–water partition coefficient (Wildman–Crippen LogP) is 2.48. The second kappa shape index (κ2) is 5.59. The molecule has 0 saturated carbocycles. The summed E-state index contributed by atoms with van der Waals surface area (Å²) in [4.78, 5) is 0. The number of hydrogen-bond donors (Lipinski definition) is 1. The number of benzene rings is 1. The van der Waals surface area contributed by atoms with Gasteiger partial charge in [0.15, 0.2) is 0 Å². The lowest BCUT2D eigenvalue weighted by atomic mass is 10.1. The van der Waals surface area contributed by atoms with Crippen molar-refractivity contribution in [2.45, 2.75) is 19.9 Å². The van der Waals surface area contributed by atoms with Gasteiger partial charge in [0.05, 0.1) is 5.75 Å². The molecule has 4 nitrogen and oxygen atoms in total. The highest BCUT2D eigenvalue weighted by Crippen LogP contribution is 2.16. The van der Waals surface area contributed by atoms with Gasteiger partial charge in [-0.2, -0.15) is 0 Å². The van der Waals surface area contributed by atoms with Crippen LogP contribution in [0.15, 0.2) is 48.8 Å². The van der Waals surface area contributed by atoms with Crippen LogP contribution in [0.3, 0.4) is 0 Å². The highest BCUT2D eigenvalue weighted by Gasteiger charge is 2.13. The van der Waals surface area contributed by atoms with Crippen LogP contribution in [0, 0.1) is 0 Å². The number of rotatable bonds is 5. The fraction of sp³-hybridized carbons (Fsp3) is 0.286. The minimum absolute atomic E-state index is 0.0960. The van der Waals surface area contributed by atoms with E-state index in [2.05, 4.69) is 4.72 Å². The maximum absolute atomic E-state index is 11.5. The molecule has 0 aliphatic rings. The van der Waals surface area contributed by atoms with Crippen molar-refractivity contribution in [1.82, 2.24) is 9.29 Å². The lowest BCUT2D eigenvalue weighted by molar-refractivity contribution is 0.568. The molecule has 0 radical (unpaired) electrons. The molecule has 5 heteroatoms. The molecule has 0 fully saturated rings. The van der Waals surface area contributed by atoms with E-state index in [9.17, 15) is 8.42 Å². The van der Waals surface area contributed by atoms with Crippen LogP contribution in [0.1, 0.15) is 25.5 Å². The number of sulfonamides is 1. The Hall–Kier alpha value is -1.59. The van der Waals surface area contributed by atoms with Gasteiger partial charge in [0.25, 0.3) is 0 Å². The zero-order valence-electron chi connectivity index (χ0n) is 11.1. The summed E-state index contributed by atoms with van der Waals surface area (Å²) in [5.41, 5.74) is 2.01. The second-order valence-corrected chi connectivity index (χ2v) is 6.47. The van der Waals surface area contributed by atoms with Crippen LogP contribution in [-0.2, 0) is 10.0 Å². The van der Waals surface area contributed by atoms with Crippen LogP contribution < -0.4 is 4.72 Å². The number of nitrogens with one attached hydrogen (secondary N) is 1. The van der Waals surface area contributed by atoms with Gasteiger partial charge in [0.2, 0.25) is 10.0 Å². The van der Waals surface area contributed by atoms with Crippen LogP contribution >= 0.6 is 0 Å². The SMILES string of the molecule is CCS(=O)(=O)N[C@@H](C)c1ccc(-n2cccc2)cc1. The summed E-state index contributed by atoms with van der Waals surface area (Å²) in [6, 6.07) is 11.6. The van der Waals surface area contributed by atoms with Crippen LogP contribution in [0.2, 0.25) is 0 Å². The molecule has 0 amide bonds. The molecule has 102 valence electrons. The zero-order valence-corrected chi connectivity index (χ0v) is 11.9. The Balaban J connectivity index is 2.14. The Morgan fingerprint density at radius 3 is 2.26 bits per heavy atom. The Morgan fingerprint density at radius 1 is 1.16 bits per heavy atom. The van der Waals surface area contributed by atoms with Crippen LogP contribution in [0.4, 0.5) is 0 Å². The van der Waals surface area contributed by atoms with Gasteiger partial charge in [0.1, 0.15) is 0 Å². The van der Waals surface area contributed by atoms with Gasteiger partial charge in [-0.25, -0.2) is 13.1 Å². The average Bonchev–Trinajstić information content (AvgIpc) is 2.92. The molecular formula is C14H18N2O2S. The van der Waals surface area contributed by atoms with E-state index in [4.69, 9.17) is 0 Å². The van der Waals surface area contributed by atoms with Crippen molar-refractivity contribution >= 4 is 10.0 Å². The highest BCUT2D eigenvalue weighted by molar-refractivity contribution is 7.89. The molecule has 0 spiro atoms. The van der Waals surface area contributed by atoms with Crippen molar-refractivity contribution in [3.63, 3.8) is 0 Å². The minimum Gasteiger partial charge on any atom is -0.324 e. The Labute approximate surface area is 114 Å². The van der Waals surface area contributed by atoms with Gasteiger partial charge in [-0.3, -0.25) is 0 Å². The molecule has 0 aliphatic heterocycles. The molecule has 0 aliphatic carbocycles. The molecule has 1 heterocycles. The molecule has 2 rings (SSSR count). The van der Waals surface area contributed by atoms with Crippen molar-refractivity contribution in [3.05, 3.63) is 54.4 Å². The third-order valence-corrected chi connectivity index (χ3v) is 4.50. The van der Waals surface area contributed by atoms with E-state index in [1.54, 1.807) is 6.92 Å². The first-order valence-electron chi connectivity index (χ1n) is 6.25. The molecule has 1 atom stereocenters. The monoisotopic (exact) mass is 278 g/mol. The highest BCUT2D eigenvalue weighted by atomic mass is 32.2. The van der Waals surface area contributed by atoms with E-state index in [-0.39, 0.29) is 11.8 Å². The molecular weight excluding hydrogens is 260 g/mol. The maximum Gasteiger partial charge on any atom is 0.211 e. The van der Waals surface area contributed by atoms with Crippen molar-refractivity contribution in [2.75, 3.05) is 5.75 Å². The first kappa shape index (κ1) is 13.8. The van der Waals surface area contributed by atoms with Gasteiger partial charge < -0.3 is 4.57 Å². The molecule has 0 saturated heterocycles. The second-order valence-electron chi connectivity index (χ2n) is 4.42. The maximum atomic E-state index is 11.5. The minimum atomic E-state index is -3.18. The van der Waals surface area contributed by atoms with E-state index in [0.29, 0.717) is 0 Å². The first-order valence-corrected chi connectivity index (χ1v) is 7.90. The third-order valence-electron chi connectivity index (χ3n) is 3.03. The van der Waals surface area contributed by atoms with Crippen molar-refractivity contribution in [1.29, 1.82) is 0 Å². The van der Waals surface area contributed by atoms with E-state index in [1.165, 1.54) is 0 Å². The molecule has 1 aromatic heterocycles. The molecule has 1 aromatic carbocycles. The summed E-state index contributed by atoms with van der Waals surface area (Å²) >= 11 is 0. The van der Waals surface area contributed by atoms with E-state index in [1.807, 2.05) is 60.3 Å². The molecule has 2 aromatic rings. The number of nitrogens with zero attached hydrogens (tertiary/aromatic N) is 1. The summed E-state index contributed by atoms with van der Waals surface area (Å²) < 4.78 is 27.7. The fourth-order valence-corrected chi connectivity index (χ4v) is 2.70. The van der Waals surface area contributed by atoms with Crippen LogP contribution in [0.5, 0.6) is 0 Å². The average molecular weight is 278 g/mol. The van der Waals surface area contributed by atoms with Crippen molar-refractivity contribution in [2.24, 2.45) is 0 Å². The van der Waals surface area contributed by atoms with Gasteiger partial charge in [-0.15, -0.1) is 0 Å². The van der Waals surface area contributed by atoms with E-state index < -0.39 is 10.0 Å². The van der Waals surface area contributed by atoms with Crippen LogP contribution in [0.25, 0.3) is 5.69 Å². The summed E-state index contributed by atoms with van der Waals surface area (Å²) in [5, 5.41) is 0. The van der Waals surface area contributed by atoms with Gasteiger partial charge in [-0.05, 0) is 43.7 Å². The zero-order chi connectivity index (χ0) is 13.9. The standard InChI is InChI=1S/C14H18N2O2S/c1-3-19(17,18)15-12(2)13-6-8-14(9-7-13)16-10-4-5-11-16/h4-12,15H,3H2,1-2H3/t12-/m0/s1. The van der Waals surface area contributed by atoms with Gasteiger partial charge >= 0.3 is 0 Å². The van der Waals surface area contributed by atoms with Crippen LogP contribution in [-0.4, -0.2) is 18.7 Å². The van der Waals surface area contributed by atoms with E-state index in [0.717, 1.165) is 11.3 Å². The Bertz CT molecular complexity index is 616. The summed E-state index contributed by atoms with van der Waals surface area (Å²) in [6.07, 6.45) is 3.94. The normalized spacial score (nSPS) is 13.4. The molecule has 19 heavy (non-hydrogen) atoms. The number of aromatic nitrogens is 1. The largest absolute Gasteiger partial charge is 0.324 e. The quantitative estimate of drug-likeness (QED) is 0.913. The Kier molecular flexibility index (Phi) is 4.07. The number of hydrogen-bond acceptors (Lipinski definition) is 2. The van der Waals surface area contributed by atoms with Crippen molar-refractivity contribution < 1.29 is 8.42 Å². The summed E-state index contributed by atoms with van der Waals surface area (Å²) in [7, 11) is -3.18. The topological polar surface area (TPSA) is 51.1 Å². The van der Waals surface area contributed by atoms with Crippen molar-refractivity contribution in [3.8, 4) is 5.69 Å². The van der Waals surface area contributed by atoms with Gasteiger partial charge in [-0.1, -0.05) is 12.1 Å². The molecule has 0 unspecified atom stereocenters. The smallest absolute Gasteiger partial charge is 0.211 e. The molecule has 0 bridgehead atoms. The van der Waals surface area contributed by atoms with E-state index >= 15 is 0 Å². The Morgan fingerprint density at radius 2 is 1.74 bits per heavy atom. The predicted molar refractivity (Wildman–Crippen MR) is 76.8 cm³/mol.